The molecule has 0 saturated carbocycles. The minimum absolute atomic E-state index is 0.0358. The van der Waals surface area contributed by atoms with Gasteiger partial charge in [-0.25, -0.2) is 0 Å². The van der Waals surface area contributed by atoms with Crippen molar-refractivity contribution in [3.8, 4) is 33.4 Å². The van der Waals surface area contributed by atoms with Crippen LogP contribution in [0.15, 0.2) is 84.9 Å². The monoisotopic (exact) mass is 444 g/mol. The van der Waals surface area contributed by atoms with Crippen LogP contribution in [-0.2, 0) is 10.8 Å². The number of benzene rings is 4. The average Bonchev–Trinajstić information content (AvgIpc) is 3.09. The zero-order valence-corrected chi connectivity index (χ0v) is 21.0. The van der Waals surface area contributed by atoms with Gasteiger partial charge in [-0.15, -0.1) is 0 Å². The van der Waals surface area contributed by atoms with Crippen LogP contribution in [0.3, 0.4) is 0 Å². The highest BCUT2D eigenvalue weighted by molar-refractivity contribution is 6.22. The third-order valence-electron chi connectivity index (χ3n) is 6.93. The van der Waals surface area contributed by atoms with Crippen LogP contribution in [0.2, 0.25) is 0 Å². The van der Waals surface area contributed by atoms with Gasteiger partial charge in [0.15, 0.2) is 5.78 Å². The van der Waals surface area contributed by atoms with Crippen LogP contribution < -0.4 is 0 Å². The molecule has 0 spiro atoms. The molecule has 0 heterocycles. The summed E-state index contributed by atoms with van der Waals surface area (Å²) < 4.78 is 0. The lowest BCUT2D eigenvalue weighted by Crippen LogP contribution is -2.13. The Kier molecular flexibility index (Phi) is 5.13. The molecule has 0 radical (unpaired) electrons. The molecule has 1 nitrogen and oxygen atoms in total. The Labute approximate surface area is 203 Å². The first kappa shape index (κ1) is 22.3. The molecule has 0 aliphatic heterocycles. The van der Waals surface area contributed by atoms with Crippen LogP contribution in [0.25, 0.3) is 33.4 Å². The van der Waals surface area contributed by atoms with Crippen LogP contribution in [0, 0.1) is 0 Å². The Morgan fingerprint density at radius 2 is 1.06 bits per heavy atom. The van der Waals surface area contributed by atoms with Gasteiger partial charge in [0.2, 0.25) is 0 Å². The van der Waals surface area contributed by atoms with E-state index in [2.05, 4.69) is 114 Å². The SMILES string of the molecule is CC(C)(C)c1ccc2c(c1)-c1cc(C(C)(C)C)c(-c3ccc(-c4ccccc4)cc3)cc1C2=O. The second-order valence-electron chi connectivity index (χ2n) is 11.5. The van der Waals surface area contributed by atoms with Crippen molar-refractivity contribution in [3.63, 3.8) is 0 Å². The third kappa shape index (κ3) is 3.80. The van der Waals surface area contributed by atoms with E-state index in [0.717, 1.165) is 33.4 Å². The lowest BCUT2D eigenvalue weighted by molar-refractivity contribution is 0.104. The Bertz CT molecular complexity index is 1390. The van der Waals surface area contributed by atoms with Crippen LogP contribution in [0.5, 0.6) is 0 Å². The predicted molar refractivity (Wildman–Crippen MR) is 144 cm³/mol. The van der Waals surface area contributed by atoms with E-state index in [-0.39, 0.29) is 16.6 Å². The minimum Gasteiger partial charge on any atom is -0.289 e. The van der Waals surface area contributed by atoms with Crippen molar-refractivity contribution in [2.45, 2.75) is 52.4 Å². The zero-order chi connectivity index (χ0) is 24.3. The molecule has 0 fully saturated rings. The molecule has 1 heteroatoms. The van der Waals surface area contributed by atoms with Crippen molar-refractivity contribution >= 4 is 5.78 Å². The maximum atomic E-state index is 13.4. The smallest absolute Gasteiger partial charge is 0.194 e. The molecule has 5 rings (SSSR count). The molecule has 0 atom stereocenters. The number of hydrogen-bond acceptors (Lipinski definition) is 1. The molecule has 0 aromatic heterocycles. The summed E-state index contributed by atoms with van der Waals surface area (Å²) in [5.41, 5.74) is 11.0. The molecule has 0 N–H and O–H groups in total. The predicted octanol–water partition coefficient (Wildman–Crippen LogP) is 8.83. The molecule has 4 aromatic carbocycles. The normalized spacial score (nSPS) is 13.1. The van der Waals surface area contributed by atoms with Gasteiger partial charge in [0, 0.05) is 11.1 Å². The van der Waals surface area contributed by atoms with Gasteiger partial charge in [0.25, 0.3) is 0 Å². The van der Waals surface area contributed by atoms with E-state index >= 15 is 0 Å². The first-order chi connectivity index (χ1) is 16.0. The fourth-order valence-corrected chi connectivity index (χ4v) is 4.92. The Morgan fingerprint density at radius 3 is 1.68 bits per heavy atom. The maximum Gasteiger partial charge on any atom is 0.194 e. The molecule has 1 aliphatic carbocycles. The van der Waals surface area contributed by atoms with E-state index in [4.69, 9.17) is 0 Å². The molecule has 4 aromatic rings. The van der Waals surface area contributed by atoms with Gasteiger partial charge in [-0.2, -0.15) is 0 Å². The largest absolute Gasteiger partial charge is 0.289 e. The van der Waals surface area contributed by atoms with Crippen molar-refractivity contribution in [1.29, 1.82) is 0 Å². The van der Waals surface area contributed by atoms with E-state index in [1.807, 2.05) is 12.1 Å². The second kappa shape index (κ2) is 7.81. The molecule has 0 amide bonds. The maximum absolute atomic E-state index is 13.4. The molecule has 0 bridgehead atoms. The van der Waals surface area contributed by atoms with E-state index in [1.54, 1.807) is 0 Å². The summed E-state index contributed by atoms with van der Waals surface area (Å²) in [5.74, 6) is 0.132. The molecule has 170 valence electrons. The topological polar surface area (TPSA) is 17.1 Å². The number of hydrogen-bond donors (Lipinski definition) is 0. The Morgan fingerprint density at radius 1 is 0.471 bits per heavy atom. The minimum atomic E-state index is -0.0596. The van der Waals surface area contributed by atoms with Gasteiger partial charge in [-0.1, -0.05) is 108 Å². The first-order valence-electron chi connectivity index (χ1n) is 12.1. The van der Waals surface area contributed by atoms with Crippen molar-refractivity contribution in [1.82, 2.24) is 0 Å². The van der Waals surface area contributed by atoms with Gasteiger partial charge in [-0.05, 0) is 73.5 Å². The quantitative estimate of drug-likeness (QED) is 0.266. The summed E-state index contributed by atoms with van der Waals surface area (Å²) in [7, 11) is 0. The Balaban J connectivity index is 1.66. The third-order valence-corrected chi connectivity index (χ3v) is 6.93. The van der Waals surface area contributed by atoms with Crippen molar-refractivity contribution < 1.29 is 4.79 Å². The Hall–Kier alpha value is -3.45. The molecule has 1 aliphatic rings. The zero-order valence-electron chi connectivity index (χ0n) is 21.0. The summed E-state index contributed by atoms with van der Waals surface area (Å²) in [6.07, 6.45) is 0. The molecule has 0 unspecified atom stereocenters. The van der Waals surface area contributed by atoms with Crippen molar-refractivity contribution in [2.24, 2.45) is 0 Å². The summed E-state index contributed by atoms with van der Waals surface area (Å²) in [5, 5.41) is 0. The van der Waals surface area contributed by atoms with Crippen molar-refractivity contribution in [2.75, 3.05) is 0 Å². The van der Waals surface area contributed by atoms with Gasteiger partial charge in [0.1, 0.15) is 0 Å². The first-order valence-corrected chi connectivity index (χ1v) is 12.1. The number of carbonyl (C=O) groups is 1. The van der Waals surface area contributed by atoms with Crippen LogP contribution in [0.4, 0.5) is 0 Å². The van der Waals surface area contributed by atoms with Gasteiger partial charge >= 0.3 is 0 Å². The molecule has 34 heavy (non-hydrogen) atoms. The standard InChI is InChI=1S/C33H32O/c1-32(2,3)24-16-17-25-27(18-24)28-20-30(33(4,5)6)26(19-29(28)31(25)34)23-14-12-22(13-15-23)21-10-8-7-9-11-21/h7-20H,1-6H3. The summed E-state index contributed by atoms with van der Waals surface area (Å²) in [6, 6.07) is 29.9. The van der Waals surface area contributed by atoms with Gasteiger partial charge < -0.3 is 0 Å². The highest BCUT2D eigenvalue weighted by Crippen LogP contribution is 2.44. The molecular formula is C33H32O. The van der Waals surface area contributed by atoms with Crippen LogP contribution in [0.1, 0.15) is 68.6 Å². The number of carbonyl (C=O) groups excluding carboxylic acids is 1. The molecule has 0 saturated heterocycles. The van der Waals surface area contributed by atoms with E-state index in [9.17, 15) is 4.79 Å². The summed E-state index contributed by atoms with van der Waals surface area (Å²) in [6.45, 7) is 13.4. The van der Waals surface area contributed by atoms with Gasteiger partial charge in [0.05, 0.1) is 0 Å². The van der Waals surface area contributed by atoms with Crippen LogP contribution >= 0.6 is 0 Å². The van der Waals surface area contributed by atoms with E-state index in [1.165, 1.54) is 22.3 Å². The fourth-order valence-electron chi connectivity index (χ4n) is 4.92. The van der Waals surface area contributed by atoms with Crippen LogP contribution in [-0.4, -0.2) is 5.78 Å². The summed E-state index contributed by atoms with van der Waals surface area (Å²) in [4.78, 5) is 13.4. The highest BCUT2D eigenvalue weighted by Gasteiger charge is 2.31. The van der Waals surface area contributed by atoms with Gasteiger partial charge in [-0.3, -0.25) is 4.79 Å². The lowest BCUT2D eigenvalue weighted by Gasteiger charge is -2.25. The summed E-state index contributed by atoms with van der Waals surface area (Å²) >= 11 is 0. The average molecular weight is 445 g/mol. The molecular weight excluding hydrogens is 412 g/mol. The number of rotatable bonds is 2. The van der Waals surface area contributed by atoms with Crippen molar-refractivity contribution in [3.05, 3.63) is 107 Å². The fraction of sp³-hybridized carbons (Fsp3) is 0.242. The number of ketones is 1. The lowest BCUT2D eigenvalue weighted by atomic mass is 9.79. The highest BCUT2D eigenvalue weighted by atomic mass is 16.1. The number of fused-ring (bicyclic) bond motifs is 3. The second-order valence-corrected chi connectivity index (χ2v) is 11.5. The van der Waals surface area contributed by atoms with E-state index in [0.29, 0.717) is 0 Å². The van der Waals surface area contributed by atoms with E-state index < -0.39 is 0 Å².